The lowest BCUT2D eigenvalue weighted by Gasteiger charge is -2.35. The summed E-state index contributed by atoms with van der Waals surface area (Å²) in [5.41, 5.74) is 0.900. The lowest BCUT2D eigenvalue weighted by molar-refractivity contribution is 0.497. The van der Waals surface area contributed by atoms with Crippen molar-refractivity contribution in [3.05, 3.63) is 28.0 Å². The Morgan fingerprint density at radius 2 is 2.11 bits per heavy atom. The van der Waals surface area contributed by atoms with Crippen molar-refractivity contribution < 1.29 is 0 Å². The van der Waals surface area contributed by atoms with Gasteiger partial charge in [0, 0.05) is 31.2 Å². The van der Waals surface area contributed by atoms with Crippen LogP contribution in [0.3, 0.4) is 0 Å². The number of anilines is 1. The third-order valence-corrected chi connectivity index (χ3v) is 3.17. The molecule has 1 fully saturated rings. The smallest absolute Gasteiger partial charge is 0.252 e. The van der Waals surface area contributed by atoms with E-state index in [0.717, 1.165) is 37.4 Å². The molecule has 2 heterocycles. The highest BCUT2D eigenvalue weighted by molar-refractivity contribution is 5.41. The van der Waals surface area contributed by atoms with E-state index in [0.29, 0.717) is 6.04 Å². The minimum atomic E-state index is 0.0470. The summed E-state index contributed by atoms with van der Waals surface area (Å²) in [5.74, 6) is 0.941. The lowest BCUT2D eigenvalue weighted by atomic mass is 10.2. The third-order valence-electron chi connectivity index (χ3n) is 3.17. The van der Waals surface area contributed by atoms with Crippen molar-refractivity contribution in [2.45, 2.75) is 40.2 Å². The van der Waals surface area contributed by atoms with Crippen molar-refractivity contribution in [3.8, 4) is 0 Å². The fraction of sp³-hybridized carbons (Fsp3) is 0.643. The Balaban J connectivity index is 0.000000771. The average Bonchev–Trinajstić information content (AvgIpc) is 2.41. The van der Waals surface area contributed by atoms with Crippen molar-refractivity contribution in [2.24, 2.45) is 0 Å². The quantitative estimate of drug-likeness (QED) is 0.842. The zero-order valence-electron chi connectivity index (χ0n) is 11.9. The van der Waals surface area contributed by atoms with Gasteiger partial charge >= 0.3 is 0 Å². The van der Waals surface area contributed by atoms with Gasteiger partial charge in [-0.2, -0.15) is 0 Å². The van der Waals surface area contributed by atoms with E-state index in [-0.39, 0.29) is 5.56 Å². The minimum Gasteiger partial charge on any atom is -0.353 e. The fourth-order valence-corrected chi connectivity index (χ4v) is 2.14. The number of hydrogen-bond acceptors (Lipinski definition) is 3. The summed E-state index contributed by atoms with van der Waals surface area (Å²) in [6, 6.07) is 4.38. The van der Waals surface area contributed by atoms with Crippen LogP contribution < -0.4 is 15.8 Å². The van der Waals surface area contributed by atoms with Crippen molar-refractivity contribution >= 4 is 5.82 Å². The number of aromatic amines is 1. The molecule has 0 bridgehead atoms. The van der Waals surface area contributed by atoms with Gasteiger partial charge in [0.05, 0.1) is 0 Å². The molecule has 2 N–H and O–H groups in total. The standard InChI is InChI=1S/C12H19N3O.C2H6/c1-3-10-4-5-11(14-12(10)16)15-7-6-13-8-9(15)2;1-2/h4-5,9,13H,3,6-8H2,1-2H3,(H,14,16);1-2H3. The Bertz CT molecular complexity index is 414. The van der Waals surface area contributed by atoms with Gasteiger partial charge in [0.2, 0.25) is 0 Å². The van der Waals surface area contributed by atoms with Crippen molar-refractivity contribution in [1.29, 1.82) is 0 Å². The number of aryl methyl sites for hydroxylation is 1. The van der Waals surface area contributed by atoms with Gasteiger partial charge < -0.3 is 15.2 Å². The second-order valence-corrected chi connectivity index (χ2v) is 4.30. The first-order valence-corrected chi connectivity index (χ1v) is 6.92. The second kappa shape index (κ2) is 7.21. The monoisotopic (exact) mass is 251 g/mol. The molecule has 102 valence electrons. The number of nitrogens with one attached hydrogen (secondary N) is 2. The summed E-state index contributed by atoms with van der Waals surface area (Å²) in [4.78, 5) is 16.9. The molecule has 1 aliphatic heterocycles. The van der Waals surface area contributed by atoms with Gasteiger partial charge in [-0.15, -0.1) is 0 Å². The fourth-order valence-electron chi connectivity index (χ4n) is 2.14. The molecule has 1 unspecified atom stereocenters. The third kappa shape index (κ3) is 3.35. The normalized spacial score (nSPS) is 19.1. The van der Waals surface area contributed by atoms with Crippen molar-refractivity contribution in [2.75, 3.05) is 24.5 Å². The Morgan fingerprint density at radius 3 is 2.67 bits per heavy atom. The summed E-state index contributed by atoms with van der Waals surface area (Å²) < 4.78 is 0. The summed E-state index contributed by atoms with van der Waals surface area (Å²) in [5, 5.41) is 3.34. The van der Waals surface area contributed by atoms with Crippen LogP contribution in [0.5, 0.6) is 0 Å². The minimum absolute atomic E-state index is 0.0470. The summed E-state index contributed by atoms with van der Waals surface area (Å²) in [7, 11) is 0. The van der Waals surface area contributed by atoms with E-state index in [1.54, 1.807) is 0 Å². The molecule has 0 saturated carbocycles. The summed E-state index contributed by atoms with van der Waals surface area (Å²) >= 11 is 0. The van der Waals surface area contributed by atoms with Crippen molar-refractivity contribution in [3.63, 3.8) is 0 Å². The molecule has 1 aliphatic rings. The van der Waals surface area contributed by atoms with Crippen LogP contribution in [0.4, 0.5) is 5.82 Å². The van der Waals surface area contributed by atoms with E-state index >= 15 is 0 Å². The average molecular weight is 251 g/mol. The van der Waals surface area contributed by atoms with Crippen LogP contribution in [0.15, 0.2) is 16.9 Å². The molecule has 1 aromatic rings. The van der Waals surface area contributed by atoms with Gasteiger partial charge in [0.1, 0.15) is 5.82 Å². The maximum Gasteiger partial charge on any atom is 0.252 e. The van der Waals surface area contributed by atoms with Gasteiger partial charge in [-0.05, 0) is 25.5 Å². The van der Waals surface area contributed by atoms with E-state index < -0.39 is 0 Å². The highest BCUT2D eigenvalue weighted by atomic mass is 16.1. The molecule has 4 heteroatoms. The van der Waals surface area contributed by atoms with Crippen LogP contribution in [0.1, 0.15) is 33.3 Å². The largest absolute Gasteiger partial charge is 0.353 e. The predicted molar refractivity (Wildman–Crippen MR) is 77.5 cm³/mol. The molecule has 0 amide bonds. The number of rotatable bonds is 2. The van der Waals surface area contributed by atoms with E-state index in [2.05, 4.69) is 22.1 Å². The molecular formula is C14H25N3O. The number of aromatic nitrogens is 1. The SMILES string of the molecule is CC.CCc1ccc(N2CCNCC2C)[nH]c1=O. The lowest BCUT2D eigenvalue weighted by Crippen LogP contribution is -2.50. The molecule has 1 atom stereocenters. The van der Waals surface area contributed by atoms with Crippen LogP contribution in [-0.4, -0.2) is 30.7 Å². The van der Waals surface area contributed by atoms with Gasteiger partial charge in [-0.25, -0.2) is 0 Å². The van der Waals surface area contributed by atoms with Crippen LogP contribution in [0.25, 0.3) is 0 Å². The maximum atomic E-state index is 11.7. The van der Waals surface area contributed by atoms with Gasteiger partial charge in [-0.3, -0.25) is 4.79 Å². The van der Waals surface area contributed by atoms with Gasteiger partial charge in [-0.1, -0.05) is 20.8 Å². The van der Waals surface area contributed by atoms with Crippen molar-refractivity contribution in [1.82, 2.24) is 10.3 Å². The molecule has 0 radical (unpaired) electrons. The Hall–Kier alpha value is -1.29. The Morgan fingerprint density at radius 1 is 1.39 bits per heavy atom. The molecule has 2 rings (SSSR count). The molecule has 1 saturated heterocycles. The summed E-state index contributed by atoms with van der Waals surface area (Å²) in [6.07, 6.45) is 0.784. The van der Waals surface area contributed by atoms with Crippen LogP contribution in [0.2, 0.25) is 0 Å². The highest BCUT2D eigenvalue weighted by Crippen LogP contribution is 2.14. The zero-order chi connectivity index (χ0) is 13.5. The second-order valence-electron chi connectivity index (χ2n) is 4.30. The molecule has 0 aliphatic carbocycles. The number of pyridine rings is 1. The highest BCUT2D eigenvalue weighted by Gasteiger charge is 2.18. The summed E-state index contributed by atoms with van der Waals surface area (Å²) in [6.45, 7) is 11.1. The van der Waals surface area contributed by atoms with Crippen LogP contribution >= 0.6 is 0 Å². The van der Waals surface area contributed by atoms with Crippen LogP contribution in [0, 0.1) is 0 Å². The molecule has 0 aromatic carbocycles. The van der Waals surface area contributed by atoms with Crippen LogP contribution in [-0.2, 0) is 6.42 Å². The van der Waals surface area contributed by atoms with E-state index in [1.807, 2.05) is 32.9 Å². The van der Waals surface area contributed by atoms with E-state index in [4.69, 9.17) is 0 Å². The topological polar surface area (TPSA) is 48.1 Å². The Kier molecular flexibility index (Phi) is 5.92. The predicted octanol–water partition coefficient (Wildman–Crippen LogP) is 1.76. The van der Waals surface area contributed by atoms with Gasteiger partial charge in [0.25, 0.3) is 5.56 Å². The maximum absolute atomic E-state index is 11.7. The van der Waals surface area contributed by atoms with Gasteiger partial charge in [0.15, 0.2) is 0 Å². The Labute approximate surface area is 109 Å². The van der Waals surface area contributed by atoms with E-state index in [9.17, 15) is 4.79 Å². The number of piperazine rings is 1. The first-order valence-electron chi connectivity index (χ1n) is 6.92. The molecular weight excluding hydrogens is 226 g/mol. The number of H-pyrrole nitrogens is 1. The first-order chi connectivity index (χ1) is 8.72. The molecule has 0 spiro atoms. The number of hydrogen-bond donors (Lipinski definition) is 2. The number of nitrogens with zero attached hydrogens (tertiary/aromatic N) is 1. The molecule has 1 aromatic heterocycles. The molecule has 18 heavy (non-hydrogen) atoms. The van der Waals surface area contributed by atoms with E-state index in [1.165, 1.54) is 0 Å². The zero-order valence-corrected chi connectivity index (χ0v) is 11.9. The molecule has 4 nitrogen and oxygen atoms in total. The first kappa shape index (κ1) is 14.8.